The van der Waals surface area contributed by atoms with Crippen LogP contribution in [0.5, 0.6) is 0 Å². The number of aromatic nitrogens is 1. The van der Waals surface area contributed by atoms with Crippen LogP contribution in [-0.2, 0) is 0 Å². The van der Waals surface area contributed by atoms with Gasteiger partial charge in [0.2, 0.25) is 0 Å². The highest BCUT2D eigenvalue weighted by atomic mass is 16.3. The molecule has 1 aromatic rings. The van der Waals surface area contributed by atoms with Crippen LogP contribution < -0.4 is 0 Å². The summed E-state index contributed by atoms with van der Waals surface area (Å²) in [7, 11) is 0. The van der Waals surface area contributed by atoms with Gasteiger partial charge in [0.1, 0.15) is 5.69 Å². The molecule has 1 aliphatic rings. The molecule has 0 spiro atoms. The van der Waals surface area contributed by atoms with Gasteiger partial charge in [-0.1, -0.05) is 33.8 Å². The van der Waals surface area contributed by atoms with Gasteiger partial charge in [-0.25, -0.2) is 4.98 Å². The molecule has 112 valence electrons. The van der Waals surface area contributed by atoms with Crippen molar-refractivity contribution in [1.82, 2.24) is 9.88 Å². The summed E-state index contributed by atoms with van der Waals surface area (Å²) in [5.41, 5.74) is 0.636. The van der Waals surface area contributed by atoms with Gasteiger partial charge in [0.05, 0.1) is 5.60 Å². The zero-order chi connectivity index (χ0) is 15.3. The highest BCUT2D eigenvalue weighted by Crippen LogP contribution is 2.22. The molecule has 20 heavy (non-hydrogen) atoms. The fourth-order valence-corrected chi connectivity index (χ4v) is 2.17. The Morgan fingerprint density at radius 2 is 2.05 bits per heavy atom. The molecular weight excluding hydrogens is 252 g/mol. The predicted octanol–water partition coefficient (Wildman–Crippen LogP) is 2.83. The Morgan fingerprint density at radius 1 is 1.40 bits per heavy atom. The Balaban J connectivity index is 0.000000956. The molecule has 4 nitrogen and oxygen atoms in total. The number of pyridine rings is 1. The number of nitrogens with zero attached hydrogens (tertiary/aromatic N) is 2. The summed E-state index contributed by atoms with van der Waals surface area (Å²) in [6.07, 6.45) is 0.628. The zero-order valence-electron chi connectivity index (χ0n) is 13.2. The molecule has 1 atom stereocenters. The molecule has 1 N–H and O–H groups in total. The van der Waals surface area contributed by atoms with E-state index in [-0.39, 0.29) is 5.91 Å². The highest BCUT2D eigenvalue weighted by Gasteiger charge is 2.34. The summed E-state index contributed by atoms with van der Waals surface area (Å²) < 4.78 is 0. The molecule has 0 radical (unpaired) electrons. The average Bonchev–Trinajstić information content (AvgIpc) is 2.80. The molecular formula is C16H26N2O2. The largest absolute Gasteiger partial charge is 0.388 e. The maximum Gasteiger partial charge on any atom is 0.272 e. The molecule has 1 aliphatic heterocycles. The summed E-state index contributed by atoms with van der Waals surface area (Å²) in [6, 6.07) is 5.53. The van der Waals surface area contributed by atoms with E-state index in [0.29, 0.717) is 31.1 Å². The van der Waals surface area contributed by atoms with Gasteiger partial charge in [0.25, 0.3) is 5.91 Å². The summed E-state index contributed by atoms with van der Waals surface area (Å²) in [5, 5.41) is 9.89. The van der Waals surface area contributed by atoms with Crippen LogP contribution in [0.4, 0.5) is 0 Å². The standard InChI is InChI=1S/C14H20N2O2.C2H6/c1-10(2)11-5-4-6-12(15-11)13(17)16-8-7-14(3,18)9-16;1-2/h4-6,10,18H,7-9H2,1-3H3;1-2H3. The minimum atomic E-state index is -0.759. The van der Waals surface area contributed by atoms with Crippen LogP contribution in [0.15, 0.2) is 18.2 Å². The Labute approximate surface area is 121 Å². The molecule has 1 amide bonds. The van der Waals surface area contributed by atoms with Crippen LogP contribution in [0.2, 0.25) is 0 Å². The molecule has 1 saturated heterocycles. The van der Waals surface area contributed by atoms with Crippen molar-refractivity contribution in [3.8, 4) is 0 Å². The van der Waals surface area contributed by atoms with Gasteiger partial charge >= 0.3 is 0 Å². The third-order valence-corrected chi connectivity index (χ3v) is 3.32. The fourth-order valence-electron chi connectivity index (χ4n) is 2.17. The van der Waals surface area contributed by atoms with Crippen molar-refractivity contribution in [2.24, 2.45) is 0 Å². The lowest BCUT2D eigenvalue weighted by Crippen LogP contribution is -2.34. The van der Waals surface area contributed by atoms with E-state index in [2.05, 4.69) is 18.8 Å². The Kier molecular flexibility index (Phi) is 5.69. The van der Waals surface area contributed by atoms with E-state index in [9.17, 15) is 9.90 Å². The van der Waals surface area contributed by atoms with Crippen LogP contribution in [0.1, 0.15) is 63.1 Å². The van der Waals surface area contributed by atoms with Crippen LogP contribution >= 0.6 is 0 Å². The third-order valence-electron chi connectivity index (χ3n) is 3.32. The Bertz CT molecular complexity index is 456. The monoisotopic (exact) mass is 278 g/mol. The van der Waals surface area contributed by atoms with Crippen LogP contribution in [0.25, 0.3) is 0 Å². The second kappa shape index (κ2) is 6.84. The van der Waals surface area contributed by atoms with Gasteiger partial charge in [-0.3, -0.25) is 4.79 Å². The molecule has 2 rings (SSSR count). The summed E-state index contributed by atoms with van der Waals surface area (Å²) >= 11 is 0. The SMILES string of the molecule is CC.CC(C)c1cccc(C(=O)N2CCC(C)(O)C2)n1. The molecule has 1 aromatic heterocycles. The number of carbonyl (C=O) groups excluding carboxylic acids is 1. The number of likely N-dealkylation sites (tertiary alicyclic amines) is 1. The minimum Gasteiger partial charge on any atom is -0.388 e. The number of β-amino-alcohol motifs (C(OH)–C–C–N with tert-alkyl or cyclic N) is 1. The number of amides is 1. The maximum absolute atomic E-state index is 12.3. The molecule has 1 fully saturated rings. The van der Waals surface area contributed by atoms with E-state index in [1.54, 1.807) is 17.9 Å². The quantitative estimate of drug-likeness (QED) is 0.905. The van der Waals surface area contributed by atoms with E-state index in [1.165, 1.54) is 0 Å². The Morgan fingerprint density at radius 3 is 2.55 bits per heavy atom. The molecule has 0 aliphatic carbocycles. The van der Waals surface area contributed by atoms with E-state index in [1.807, 2.05) is 26.0 Å². The summed E-state index contributed by atoms with van der Waals surface area (Å²) in [4.78, 5) is 18.3. The molecule has 0 saturated carbocycles. The van der Waals surface area contributed by atoms with Gasteiger partial charge in [0.15, 0.2) is 0 Å². The molecule has 0 bridgehead atoms. The van der Waals surface area contributed by atoms with Crippen molar-refractivity contribution in [2.45, 2.75) is 52.6 Å². The van der Waals surface area contributed by atoms with Crippen LogP contribution in [0, 0.1) is 0 Å². The average molecular weight is 278 g/mol. The van der Waals surface area contributed by atoms with Crippen LogP contribution in [0.3, 0.4) is 0 Å². The minimum absolute atomic E-state index is 0.0877. The highest BCUT2D eigenvalue weighted by molar-refractivity contribution is 5.92. The van der Waals surface area contributed by atoms with Gasteiger partial charge in [-0.15, -0.1) is 0 Å². The lowest BCUT2D eigenvalue weighted by Gasteiger charge is -2.19. The Hall–Kier alpha value is -1.42. The number of rotatable bonds is 2. The number of carbonyl (C=O) groups is 1. The van der Waals surface area contributed by atoms with E-state index in [4.69, 9.17) is 0 Å². The number of hydrogen-bond acceptors (Lipinski definition) is 3. The first kappa shape index (κ1) is 16.6. The topological polar surface area (TPSA) is 53.4 Å². The predicted molar refractivity (Wildman–Crippen MR) is 80.8 cm³/mol. The molecule has 2 heterocycles. The van der Waals surface area contributed by atoms with E-state index < -0.39 is 5.60 Å². The first-order valence-corrected chi connectivity index (χ1v) is 7.38. The van der Waals surface area contributed by atoms with E-state index in [0.717, 1.165) is 5.69 Å². The zero-order valence-corrected chi connectivity index (χ0v) is 13.2. The van der Waals surface area contributed by atoms with E-state index >= 15 is 0 Å². The van der Waals surface area contributed by atoms with Crippen molar-refractivity contribution in [2.75, 3.05) is 13.1 Å². The summed E-state index contributed by atoms with van der Waals surface area (Å²) in [6.45, 7) is 10.9. The third kappa shape index (κ3) is 4.04. The smallest absolute Gasteiger partial charge is 0.272 e. The van der Waals surface area contributed by atoms with Gasteiger partial charge in [-0.05, 0) is 31.4 Å². The fraction of sp³-hybridized carbons (Fsp3) is 0.625. The van der Waals surface area contributed by atoms with Crippen molar-refractivity contribution in [3.05, 3.63) is 29.6 Å². The van der Waals surface area contributed by atoms with Crippen molar-refractivity contribution >= 4 is 5.91 Å². The summed E-state index contributed by atoms with van der Waals surface area (Å²) in [5.74, 6) is 0.217. The normalized spacial score (nSPS) is 21.6. The maximum atomic E-state index is 12.3. The lowest BCUT2D eigenvalue weighted by molar-refractivity contribution is 0.0569. The van der Waals surface area contributed by atoms with Crippen molar-refractivity contribution < 1.29 is 9.90 Å². The second-order valence-electron chi connectivity index (χ2n) is 5.58. The lowest BCUT2D eigenvalue weighted by atomic mass is 10.1. The number of hydrogen-bond donors (Lipinski definition) is 1. The van der Waals surface area contributed by atoms with Gasteiger partial charge in [-0.2, -0.15) is 0 Å². The molecule has 1 unspecified atom stereocenters. The molecule has 4 heteroatoms. The number of aliphatic hydroxyl groups is 1. The molecule has 0 aromatic carbocycles. The van der Waals surface area contributed by atoms with Gasteiger partial charge in [0, 0.05) is 18.8 Å². The first-order valence-electron chi connectivity index (χ1n) is 7.38. The second-order valence-corrected chi connectivity index (χ2v) is 5.58. The van der Waals surface area contributed by atoms with Crippen molar-refractivity contribution in [1.29, 1.82) is 0 Å². The van der Waals surface area contributed by atoms with Crippen LogP contribution in [-0.4, -0.2) is 39.6 Å². The van der Waals surface area contributed by atoms with Gasteiger partial charge < -0.3 is 10.0 Å². The van der Waals surface area contributed by atoms with Crippen molar-refractivity contribution in [3.63, 3.8) is 0 Å². The first-order chi connectivity index (χ1) is 9.39.